The van der Waals surface area contributed by atoms with Crippen molar-refractivity contribution >= 4 is 29.2 Å². The molecule has 0 unspecified atom stereocenters. The minimum Gasteiger partial charge on any atom is -0.423 e. The number of aromatic nitrogens is 2. The Morgan fingerprint density at radius 2 is 1.60 bits per heavy atom. The van der Waals surface area contributed by atoms with Crippen LogP contribution >= 0.6 is 11.6 Å². The zero-order chi connectivity index (χ0) is 20.9. The lowest BCUT2D eigenvalue weighted by atomic mass is 10.2. The van der Waals surface area contributed by atoms with E-state index in [2.05, 4.69) is 10.4 Å². The number of nitrogens with one attached hydrogen (secondary N) is 1. The van der Waals surface area contributed by atoms with Crippen LogP contribution in [0.2, 0.25) is 5.02 Å². The van der Waals surface area contributed by atoms with Crippen molar-refractivity contribution in [1.82, 2.24) is 9.78 Å². The van der Waals surface area contributed by atoms with Gasteiger partial charge in [0.1, 0.15) is 5.75 Å². The Morgan fingerprint density at radius 3 is 2.33 bits per heavy atom. The Hall–Kier alpha value is -3.90. The predicted molar refractivity (Wildman–Crippen MR) is 114 cm³/mol. The van der Waals surface area contributed by atoms with Crippen LogP contribution in [0.4, 0.5) is 5.69 Å². The van der Waals surface area contributed by atoms with Crippen molar-refractivity contribution in [2.75, 3.05) is 5.32 Å². The summed E-state index contributed by atoms with van der Waals surface area (Å²) in [6.45, 7) is 0. The van der Waals surface area contributed by atoms with Crippen LogP contribution in [0.15, 0.2) is 91.3 Å². The van der Waals surface area contributed by atoms with Crippen molar-refractivity contribution in [2.45, 2.75) is 0 Å². The molecule has 0 atom stereocenters. The maximum atomic E-state index is 12.4. The molecule has 7 heteroatoms. The summed E-state index contributed by atoms with van der Waals surface area (Å²) >= 11 is 6.04. The molecule has 0 saturated carbocycles. The molecule has 0 aliphatic rings. The second-order valence-corrected chi connectivity index (χ2v) is 6.76. The first-order chi connectivity index (χ1) is 14.6. The number of benzene rings is 3. The summed E-state index contributed by atoms with van der Waals surface area (Å²) in [6, 6.07) is 22.7. The molecular weight excluding hydrogens is 402 g/mol. The Balaban J connectivity index is 1.40. The molecule has 0 aliphatic carbocycles. The van der Waals surface area contributed by atoms with Gasteiger partial charge in [0, 0.05) is 11.9 Å². The first-order valence-corrected chi connectivity index (χ1v) is 9.46. The summed E-state index contributed by atoms with van der Waals surface area (Å²) in [5, 5.41) is 7.32. The molecule has 148 valence electrons. The largest absolute Gasteiger partial charge is 0.423 e. The lowest BCUT2D eigenvalue weighted by Gasteiger charge is -2.08. The van der Waals surface area contributed by atoms with Gasteiger partial charge in [-0.05, 0) is 48.5 Å². The number of para-hydroxylation sites is 1. The van der Waals surface area contributed by atoms with E-state index in [0.717, 1.165) is 5.69 Å². The number of hydrogen-bond acceptors (Lipinski definition) is 4. The molecule has 0 radical (unpaired) electrons. The average Bonchev–Trinajstić information content (AvgIpc) is 3.26. The second kappa shape index (κ2) is 8.63. The highest BCUT2D eigenvalue weighted by Crippen LogP contribution is 2.20. The number of halogens is 1. The molecule has 1 N–H and O–H groups in total. The van der Waals surface area contributed by atoms with E-state index in [0.29, 0.717) is 27.6 Å². The van der Waals surface area contributed by atoms with Gasteiger partial charge in [-0.1, -0.05) is 41.9 Å². The number of amides is 1. The number of ether oxygens (including phenoxy) is 1. The second-order valence-electron chi connectivity index (χ2n) is 6.36. The van der Waals surface area contributed by atoms with E-state index < -0.39 is 5.97 Å². The van der Waals surface area contributed by atoms with Gasteiger partial charge in [-0.3, -0.25) is 4.79 Å². The average molecular weight is 418 g/mol. The van der Waals surface area contributed by atoms with Gasteiger partial charge in [-0.2, -0.15) is 5.10 Å². The number of esters is 1. The third-order valence-electron chi connectivity index (χ3n) is 4.28. The van der Waals surface area contributed by atoms with Gasteiger partial charge in [-0.25, -0.2) is 9.48 Å². The molecular formula is C23H16ClN3O3. The van der Waals surface area contributed by atoms with E-state index in [-0.39, 0.29) is 5.91 Å². The molecule has 1 amide bonds. The van der Waals surface area contributed by atoms with Crippen molar-refractivity contribution in [3.63, 3.8) is 0 Å². The molecule has 0 spiro atoms. The van der Waals surface area contributed by atoms with Crippen LogP contribution in [0.5, 0.6) is 5.75 Å². The summed E-state index contributed by atoms with van der Waals surface area (Å²) in [6.07, 6.45) is 3.06. The minimum atomic E-state index is -0.523. The molecule has 0 fully saturated rings. The van der Waals surface area contributed by atoms with Gasteiger partial charge >= 0.3 is 5.97 Å². The number of carbonyl (C=O) groups excluding carboxylic acids is 2. The van der Waals surface area contributed by atoms with E-state index in [1.54, 1.807) is 59.4 Å². The van der Waals surface area contributed by atoms with Crippen LogP contribution in [0.3, 0.4) is 0 Å². The molecule has 4 rings (SSSR count). The number of carbonyl (C=O) groups is 2. The van der Waals surface area contributed by atoms with Gasteiger partial charge in [0.25, 0.3) is 5.91 Å². The van der Waals surface area contributed by atoms with E-state index >= 15 is 0 Å². The summed E-state index contributed by atoms with van der Waals surface area (Å²) in [7, 11) is 0. The van der Waals surface area contributed by atoms with Crippen molar-refractivity contribution in [2.24, 2.45) is 0 Å². The zero-order valence-corrected chi connectivity index (χ0v) is 16.4. The minimum absolute atomic E-state index is 0.321. The molecule has 1 aromatic heterocycles. The van der Waals surface area contributed by atoms with E-state index in [1.165, 1.54) is 6.20 Å². The standard InChI is InChI=1S/C23H16ClN3O3/c24-21-9-5-4-8-20(21)22(28)26-17-10-12-19(13-11-17)30-23(29)16-14-25-27(15-16)18-6-2-1-3-7-18/h1-15H,(H,26,28). The van der Waals surface area contributed by atoms with E-state index in [9.17, 15) is 9.59 Å². The van der Waals surface area contributed by atoms with Crippen molar-refractivity contribution in [3.8, 4) is 11.4 Å². The van der Waals surface area contributed by atoms with Crippen LogP contribution < -0.4 is 10.1 Å². The monoisotopic (exact) mass is 417 g/mol. The van der Waals surface area contributed by atoms with Gasteiger partial charge in [-0.15, -0.1) is 0 Å². The highest BCUT2D eigenvalue weighted by molar-refractivity contribution is 6.34. The summed E-state index contributed by atoms with van der Waals surface area (Å²) in [4.78, 5) is 24.7. The van der Waals surface area contributed by atoms with Gasteiger partial charge < -0.3 is 10.1 Å². The van der Waals surface area contributed by atoms with Crippen molar-refractivity contribution in [1.29, 1.82) is 0 Å². The summed E-state index contributed by atoms with van der Waals surface area (Å²) in [5.74, 6) is -0.494. The van der Waals surface area contributed by atoms with Gasteiger partial charge in [0.05, 0.1) is 28.0 Å². The smallest absolute Gasteiger partial charge is 0.346 e. The normalized spacial score (nSPS) is 10.4. The highest BCUT2D eigenvalue weighted by atomic mass is 35.5. The fraction of sp³-hybridized carbons (Fsp3) is 0. The number of hydrogen-bond donors (Lipinski definition) is 1. The maximum absolute atomic E-state index is 12.4. The fourth-order valence-electron chi connectivity index (χ4n) is 2.77. The molecule has 0 aliphatic heterocycles. The molecule has 1 heterocycles. The molecule has 0 saturated heterocycles. The van der Waals surface area contributed by atoms with E-state index in [1.807, 2.05) is 30.3 Å². The number of nitrogens with zero attached hydrogens (tertiary/aromatic N) is 2. The summed E-state index contributed by atoms with van der Waals surface area (Å²) in [5.41, 5.74) is 2.10. The molecule has 3 aromatic carbocycles. The number of rotatable bonds is 5. The van der Waals surface area contributed by atoms with Crippen LogP contribution in [0, 0.1) is 0 Å². The Bertz CT molecular complexity index is 1190. The molecule has 6 nitrogen and oxygen atoms in total. The van der Waals surface area contributed by atoms with Gasteiger partial charge in [0.15, 0.2) is 0 Å². The van der Waals surface area contributed by atoms with Crippen LogP contribution in [0.1, 0.15) is 20.7 Å². The Labute approximate surface area is 177 Å². The quantitative estimate of drug-likeness (QED) is 0.366. The third kappa shape index (κ3) is 4.39. The topological polar surface area (TPSA) is 73.2 Å². The van der Waals surface area contributed by atoms with Crippen molar-refractivity contribution < 1.29 is 14.3 Å². The maximum Gasteiger partial charge on any atom is 0.346 e. The molecule has 4 aromatic rings. The fourth-order valence-corrected chi connectivity index (χ4v) is 2.99. The van der Waals surface area contributed by atoms with Crippen LogP contribution in [0.25, 0.3) is 5.69 Å². The highest BCUT2D eigenvalue weighted by Gasteiger charge is 2.13. The van der Waals surface area contributed by atoms with Gasteiger partial charge in [0.2, 0.25) is 0 Å². The predicted octanol–water partition coefficient (Wildman–Crippen LogP) is 5.00. The molecule has 0 bridgehead atoms. The van der Waals surface area contributed by atoms with Crippen molar-refractivity contribution in [3.05, 3.63) is 107 Å². The van der Waals surface area contributed by atoms with E-state index in [4.69, 9.17) is 16.3 Å². The lowest BCUT2D eigenvalue weighted by molar-refractivity contribution is 0.0734. The first kappa shape index (κ1) is 19.4. The van der Waals surface area contributed by atoms with Crippen LogP contribution in [-0.2, 0) is 0 Å². The number of anilines is 1. The van der Waals surface area contributed by atoms with Crippen LogP contribution in [-0.4, -0.2) is 21.7 Å². The zero-order valence-electron chi connectivity index (χ0n) is 15.7. The first-order valence-electron chi connectivity index (χ1n) is 9.08. The molecule has 30 heavy (non-hydrogen) atoms. The summed E-state index contributed by atoms with van der Waals surface area (Å²) < 4.78 is 6.99. The lowest BCUT2D eigenvalue weighted by Crippen LogP contribution is -2.12. The Kier molecular flexibility index (Phi) is 5.59. The SMILES string of the molecule is O=C(Oc1ccc(NC(=O)c2ccccc2Cl)cc1)c1cnn(-c2ccccc2)c1. The Morgan fingerprint density at radius 1 is 0.900 bits per heavy atom. The third-order valence-corrected chi connectivity index (χ3v) is 4.61.